The maximum Gasteiger partial charge on any atom is 0.413 e. The predicted molar refractivity (Wildman–Crippen MR) is 187 cm³/mol. The minimum Gasteiger partial charge on any atom is -0.464 e. The molecule has 48 heavy (non-hydrogen) atoms. The van der Waals surface area contributed by atoms with Crippen molar-refractivity contribution in [1.82, 2.24) is 10.6 Å². The largest absolute Gasteiger partial charge is 0.464 e. The molecule has 1 atom stereocenters. The van der Waals surface area contributed by atoms with Crippen LogP contribution in [0.1, 0.15) is 76.1 Å². The zero-order valence-electron chi connectivity index (χ0n) is 28.5. The van der Waals surface area contributed by atoms with Crippen LogP contribution in [0.4, 0.5) is 9.59 Å². The standard InChI is InChI=1S/C40H46N2O6/c1-6-46-36(43)35(42-38(45)48-34-26-22-32(23-27-34)40(4,5)30-17-11-8-12-18-30)19-13-14-28-41-37(44)47-33-24-20-31(21-25-33)39(2,3)29-15-9-7-10-16-29/h7-12,15-18,20-27,35H,6,13-14,19,28H2,1-5H3,(H,41,44)(H,42,45). The van der Waals surface area contributed by atoms with E-state index in [-0.39, 0.29) is 17.4 Å². The van der Waals surface area contributed by atoms with Crippen molar-refractivity contribution in [3.8, 4) is 11.5 Å². The van der Waals surface area contributed by atoms with Crippen LogP contribution in [0.15, 0.2) is 109 Å². The molecule has 0 radical (unpaired) electrons. The van der Waals surface area contributed by atoms with Crippen LogP contribution in [-0.2, 0) is 20.4 Å². The van der Waals surface area contributed by atoms with Crippen LogP contribution in [0.5, 0.6) is 11.5 Å². The Bertz CT molecular complexity index is 1620. The Morgan fingerprint density at radius 2 is 1.04 bits per heavy atom. The number of carbonyl (C=O) groups is 3. The van der Waals surface area contributed by atoms with Crippen LogP contribution in [-0.4, -0.2) is 37.3 Å². The molecule has 1 unspecified atom stereocenters. The third-order valence-electron chi connectivity index (χ3n) is 8.62. The summed E-state index contributed by atoms with van der Waals surface area (Å²) >= 11 is 0. The van der Waals surface area contributed by atoms with E-state index >= 15 is 0 Å². The molecule has 0 bridgehead atoms. The molecule has 4 rings (SSSR count). The average Bonchev–Trinajstić information content (AvgIpc) is 3.09. The Morgan fingerprint density at radius 1 is 0.604 bits per heavy atom. The number of rotatable bonds is 14. The summed E-state index contributed by atoms with van der Waals surface area (Å²) in [5.74, 6) is 0.264. The predicted octanol–water partition coefficient (Wildman–Crippen LogP) is 8.32. The lowest BCUT2D eigenvalue weighted by Crippen LogP contribution is -2.43. The van der Waals surface area contributed by atoms with Crippen LogP contribution < -0.4 is 20.1 Å². The highest BCUT2D eigenvalue weighted by molar-refractivity contribution is 5.82. The molecule has 2 N–H and O–H groups in total. The second-order valence-corrected chi connectivity index (χ2v) is 12.7. The van der Waals surface area contributed by atoms with Crippen LogP contribution in [0, 0.1) is 0 Å². The van der Waals surface area contributed by atoms with Gasteiger partial charge in [-0.15, -0.1) is 0 Å². The summed E-state index contributed by atoms with van der Waals surface area (Å²) in [4.78, 5) is 37.7. The van der Waals surface area contributed by atoms with Crippen LogP contribution >= 0.6 is 0 Å². The first-order valence-corrected chi connectivity index (χ1v) is 16.4. The number of amides is 2. The third-order valence-corrected chi connectivity index (χ3v) is 8.62. The summed E-state index contributed by atoms with van der Waals surface area (Å²) in [6.07, 6.45) is 0.101. The molecule has 0 aliphatic carbocycles. The first-order valence-electron chi connectivity index (χ1n) is 16.4. The molecule has 0 saturated carbocycles. The molecule has 0 aromatic heterocycles. The van der Waals surface area contributed by atoms with Crippen molar-refractivity contribution < 1.29 is 28.6 Å². The van der Waals surface area contributed by atoms with E-state index in [1.165, 1.54) is 11.1 Å². The molecular weight excluding hydrogens is 604 g/mol. The maximum atomic E-state index is 12.7. The number of nitrogens with one attached hydrogen (secondary N) is 2. The van der Waals surface area contributed by atoms with Gasteiger partial charge < -0.3 is 24.8 Å². The third kappa shape index (κ3) is 9.70. The van der Waals surface area contributed by atoms with Gasteiger partial charge in [0.05, 0.1) is 6.61 Å². The number of unbranched alkanes of at least 4 members (excludes halogenated alkanes) is 1. The van der Waals surface area contributed by atoms with Gasteiger partial charge >= 0.3 is 18.2 Å². The molecule has 0 fully saturated rings. The minimum absolute atomic E-state index is 0.183. The number of esters is 1. The number of ether oxygens (including phenoxy) is 3. The highest BCUT2D eigenvalue weighted by atomic mass is 16.6. The molecular formula is C40H46N2O6. The van der Waals surface area contributed by atoms with Gasteiger partial charge in [-0.05, 0) is 72.7 Å². The zero-order chi connectivity index (χ0) is 34.6. The van der Waals surface area contributed by atoms with Crippen molar-refractivity contribution in [2.75, 3.05) is 13.2 Å². The van der Waals surface area contributed by atoms with Crippen LogP contribution in [0.3, 0.4) is 0 Å². The van der Waals surface area contributed by atoms with Crippen molar-refractivity contribution in [2.24, 2.45) is 0 Å². The van der Waals surface area contributed by atoms with E-state index in [1.54, 1.807) is 31.2 Å². The molecule has 0 spiro atoms. The fourth-order valence-corrected chi connectivity index (χ4v) is 5.50. The fourth-order valence-electron chi connectivity index (χ4n) is 5.50. The van der Waals surface area contributed by atoms with Crippen molar-refractivity contribution in [1.29, 1.82) is 0 Å². The SMILES string of the molecule is CCOC(=O)C(CCCCNC(=O)Oc1ccc(C(C)(C)c2ccccc2)cc1)NC(=O)Oc1ccc(C(C)(C)c2ccccc2)cc1. The van der Waals surface area contributed by atoms with Gasteiger partial charge in [0, 0.05) is 17.4 Å². The van der Waals surface area contributed by atoms with E-state index in [1.807, 2.05) is 60.7 Å². The average molecular weight is 651 g/mol. The summed E-state index contributed by atoms with van der Waals surface area (Å²) in [6.45, 7) is 10.8. The summed E-state index contributed by atoms with van der Waals surface area (Å²) in [7, 11) is 0. The minimum atomic E-state index is -0.890. The molecule has 252 valence electrons. The van der Waals surface area contributed by atoms with E-state index in [0.717, 1.165) is 11.1 Å². The summed E-state index contributed by atoms with van der Waals surface area (Å²) < 4.78 is 16.1. The van der Waals surface area contributed by atoms with Crippen molar-refractivity contribution >= 4 is 18.2 Å². The monoisotopic (exact) mass is 650 g/mol. The molecule has 0 heterocycles. The Hall–Kier alpha value is -5.11. The second-order valence-electron chi connectivity index (χ2n) is 12.7. The van der Waals surface area contributed by atoms with E-state index in [4.69, 9.17) is 14.2 Å². The maximum absolute atomic E-state index is 12.7. The molecule has 2 amide bonds. The second kappa shape index (κ2) is 16.6. The van der Waals surface area contributed by atoms with Crippen molar-refractivity contribution in [2.45, 2.75) is 70.8 Å². The van der Waals surface area contributed by atoms with Gasteiger partial charge in [-0.2, -0.15) is 0 Å². The molecule has 8 nitrogen and oxygen atoms in total. The Morgan fingerprint density at radius 3 is 1.50 bits per heavy atom. The molecule has 0 aliphatic heterocycles. The number of benzene rings is 4. The normalized spacial score (nSPS) is 12.0. The number of carbonyl (C=O) groups excluding carboxylic acids is 3. The summed E-state index contributed by atoms with van der Waals surface area (Å²) in [5.41, 5.74) is 4.13. The summed E-state index contributed by atoms with van der Waals surface area (Å²) in [6, 6.07) is 34.4. The topological polar surface area (TPSA) is 103 Å². The molecule has 8 heteroatoms. The fraction of sp³-hybridized carbons (Fsp3) is 0.325. The Balaban J connectivity index is 1.21. The van der Waals surface area contributed by atoms with Gasteiger partial charge in [-0.25, -0.2) is 14.4 Å². The highest BCUT2D eigenvalue weighted by Crippen LogP contribution is 2.33. The van der Waals surface area contributed by atoms with Crippen LogP contribution in [0.25, 0.3) is 0 Å². The number of hydrogen-bond donors (Lipinski definition) is 2. The molecule has 0 aliphatic rings. The van der Waals surface area contributed by atoms with Gasteiger partial charge in [-0.3, -0.25) is 0 Å². The van der Waals surface area contributed by atoms with Crippen LogP contribution in [0.2, 0.25) is 0 Å². The lowest BCUT2D eigenvalue weighted by molar-refractivity contribution is -0.145. The first-order chi connectivity index (χ1) is 23.0. The lowest BCUT2D eigenvalue weighted by Gasteiger charge is -2.26. The zero-order valence-corrected chi connectivity index (χ0v) is 28.5. The Labute approximate surface area is 283 Å². The van der Waals surface area contributed by atoms with E-state index in [2.05, 4.69) is 62.6 Å². The lowest BCUT2D eigenvalue weighted by atomic mass is 9.78. The molecule has 0 saturated heterocycles. The highest BCUT2D eigenvalue weighted by Gasteiger charge is 2.25. The number of hydrogen-bond acceptors (Lipinski definition) is 6. The van der Waals surface area contributed by atoms with Gasteiger partial charge in [0.2, 0.25) is 0 Å². The Kier molecular flexibility index (Phi) is 12.4. The van der Waals surface area contributed by atoms with Crippen molar-refractivity contribution in [3.05, 3.63) is 131 Å². The summed E-state index contributed by atoms with van der Waals surface area (Å²) in [5, 5.41) is 5.37. The van der Waals surface area contributed by atoms with Gasteiger partial charge in [-0.1, -0.05) is 113 Å². The van der Waals surface area contributed by atoms with Gasteiger partial charge in [0.15, 0.2) is 0 Å². The molecule has 4 aromatic rings. The smallest absolute Gasteiger partial charge is 0.413 e. The first kappa shape index (κ1) is 35.7. The van der Waals surface area contributed by atoms with Crippen molar-refractivity contribution in [3.63, 3.8) is 0 Å². The quantitative estimate of drug-likeness (QED) is 0.105. The van der Waals surface area contributed by atoms with Gasteiger partial charge in [0.1, 0.15) is 17.5 Å². The van der Waals surface area contributed by atoms with E-state index in [0.29, 0.717) is 37.3 Å². The van der Waals surface area contributed by atoms with Gasteiger partial charge in [0.25, 0.3) is 0 Å². The van der Waals surface area contributed by atoms with E-state index < -0.39 is 24.2 Å². The molecule has 4 aromatic carbocycles. The van der Waals surface area contributed by atoms with E-state index in [9.17, 15) is 14.4 Å².